The minimum absolute atomic E-state index is 0.385. The summed E-state index contributed by atoms with van der Waals surface area (Å²) >= 11 is 0. The fourth-order valence-electron chi connectivity index (χ4n) is 4.63. The lowest BCUT2D eigenvalue weighted by atomic mass is 9.82. The Bertz CT molecular complexity index is 468. The van der Waals surface area contributed by atoms with Crippen molar-refractivity contribution in [3.8, 4) is 0 Å². The first-order valence-corrected chi connectivity index (χ1v) is 7.84. The second-order valence-corrected chi connectivity index (χ2v) is 6.46. The molecule has 5 nitrogen and oxygen atoms in total. The second kappa shape index (κ2) is 4.88. The number of fused-ring (bicyclic) bond motifs is 5. The van der Waals surface area contributed by atoms with Crippen molar-refractivity contribution in [3.63, 3.8) is 0 Å². The number of hydrogen-bond donors (Lipinski definition) is 2. The fraction of sp³-hybridized carbons (Fsp3) is 0.733. The number of aromatic amines is 1. The summed E-state index contributed by atoms with van der Waals surface area (Å²) in [6.45, 7) is 2.23. The number of hydrogen-bond acceptors (Lipinski definition) is 3. The number of nitrogens with zero attached hydrogens (tertiary/aromatic N) is 2. The summed E-state index contributed by atoms with van der Waals surface area (Å²) in [6, 6.07) is 1.06. The highest BCUT2D eigenvalue weighted by atomic mass is 16.2. The highest BCUT2D eigenvalue weighted by Gasteiger charge is 2.55. The molecule has 20 heavy (non-hydrogen) atoms. The summed E-state index contributed by atoms with van der Waals surface area (Å²) in [4.78, 5) is 14.8. The van der Waals surface area contributed by atoms with Crippen LogP contribution < -0.4 is 5.32 Å². The molecule has 5 heteroatoms. The Labute approximate surface area is 119 Å². The Morgan fingerprint density at radius 1 is 1.30 bits per heavy atom. The molecule has 3 saturated heterocycles. The Hall–Kier alpha value is -1.36. The van der Waals surface area contributed by atoms with E-state index in [-0.39, 0.29) is 0 Å². The number of carbonyl (C=O) groups excluding carboxylic acids is 1. The van der Waals surface area contributed by atoms with Gasteiger partial charge >= 0.3 is 0 Å². The third-order valence-electron chi connectivity index (χ3n) is 5.47. The van der Waals surface area contributed by atoms with E-state index < -0.39 is 0 Å². The minimum atomic E-state index is 0.385. The third-order valence-corrected chi connectivity index (χ3v) is 5.47. The summed E-state index contributed by atoms with van der Waals surface area (Å²) in [5.74, 6) is 1.84. The second-order valence-electron chi connectivity index (χ2n) is 6.46. The zero-order chi connectivity index (χ0) is 13.5. The van der Waals surface area contributed by atoms with Crippen LogP contribution in [0.1, 0.15) is 31.2 Å². The number of amides is 1. The van der Waals surface area contributed by atoms with Crippen LogP contribution in [0.2, 0.25) is 0 Å². The quantitative estimate of drug-likeness (QED) is 0.859. The average Bonchev–Trinajstić information content (AvgIpc) is 3.20. The molecule has 3 fully saturated rings. The molecule has 1 amide bonds. The van der Waals surface area contributed by atoms with E-state index in [0.29, 0.717) is 24.4 Å². The number of rotatable bonds is 4. The van der Waals surface area contributed by atoms with Gasteiger partial charge in [0.2, 0.25) is 5.91 Å². The molecule has 108 valence electrons. The molecule has 3 aliphatic heterocycles. The summed E-state index contributed by atoms with van der Waals surface area (Å²) in [5, 5.41) is 10.3. The molecule has 0 aromatic carbocycles. The number of aromatic nitrogens is 2. The predicted molar refractivity (Wildman–Crippen MR) is 75.0 cm³/mol. The van der Waals surface area contributed by atoms with Gasteiger partial charge in [-0.05, 0) is 43.1 Å². The lowest BCUT2D eigenvalue weighted by Crippen LogP contribution is -2.39. The molecule has 4 atom stereocenters. The van der Waals surface area contributed by atoms with Crippen molar-refractivity contribution in [3.05, 3.63) is 18.0 Å². The van der Waals surface area contributed by atoms with Crippen LogP contribution in [0.3, 0.4) is 0 Å². The molecule has 0 spiro atoms. The number of carbonyl (C=O) groups is 1. The van der Waals surface area contributed by atoms with E-state index in [1.807, 2.05) is 12.4 Å². The van der Waals surface area contributed by atoms with Crippen LogP contribution in [0.5, 0.6) is 0 Å². The van der Waals surface area contributed by atoms with Crippen LogP contribution in [0, 0.1) is 11.8 Å². The van der Waals surface area contributed by atoms with E-state index >= 15 is 0 Å². The van der Waals surface area contributed by atoms with Crippen molar-refractivity contribution in [2.24, 2.45) is 11.8 Å². The fourth-order valence-corrected chi connectivity index (χ4v) is 4.63. The maximum Gasteiger partial charge on any atom is 0.223 e. The standard InChI is InChI=1S/C15H22N4O/c20-15(3-1-2-10-6-17-18-7-10)19-13-4-5-14(19)12-9-16-8-11(12)13/h6-7,11-14,16H,1-5,8-9H2,(H,17,18)/t11-,12+,13-,14+. The first-order chi connectivity index (χ1) is 9.84. The smallest absolute Gasteiger partial charge is 0.223 e. The van der Waals surface area contributed by atoms with Crippen molar-refractivity contribution >= 4 is 5.91 Å². The summed E-state index contributed by atoms with van der Waals surface area (Å²) in [5.41, 5.74) is 1.20. The maximum absolute atomic E-state index is 12.5. The highest BCUT2D eigenvalue weighted by Crippen LogP contribution is 2.47. The van der Waals surface area contributed by atoms with E-state index in [9.17, 15) is 4.79 Å². The third kappa shape index (κ3) is 1.87. The Morgan fingerprint density at radius 2 is 2.05 bits per heavy atom. The molecule has 0 unspecified atom stereocenters. The van der Waals surface area contributed by atoms with E-state index in [2.05, 4.69) is 20.4 Å². The van der Waals surface area contributed by atoms with Gasteiger partial charge in [0.25, 0.3) is 0 Å². The van der Waals surface area contributed by atoms with Crippen LogP contribution in [-0.2, 0) is 11.2 Å². The zero-order valence-electron chi connectivity index (χ0n) is 11.7. The topological polar surface area (TPSA) is 61.0 Å². The first-order valence-electron chi connectivity index (χ1n) is 7.84. The zero-order valence-corrected chi connectivity index (χ0v) is 11.7. The monoisotopic (exact) mass is 274 g/mol. The van der Waals surface area contributed by atoms with Gasteiger partial charge < -0.3 is 10.2 Å². The van der Waals surface area contributed by atoms with Crippen molar-refractivity contribution in [1.82, 2.24) is 20.4 Å². The molecule has 0 aliphatic carbocycles. The van der Waals surface area contributed by atoms with Crippen molar-refractivity contribution in [1.29, 1.82) is 0 Å². The van der Waals surface area contributed by atoms with E-state index in [1.54, 1.807) is 0 Å². The largest absolute Gasteiger partial charge is 0.336 e. The molecule has 0 saturated carbocycles. The molecule has 2 N–H and O–H groups in total. The Kier molecular flexibility index (Phi) is 3.02. The van der Waals surface area contributed by atoms with Crippen LogP contribution in [0.15, 0.2) is 12.4 Å². The predicted octanol–water partition coefficient (Wildman–Crippen LogP) is 0.941. The molecule has 0 radical (unpaired) electrons. The van der Waals surface area contributed by atoms with Gasteiger partial charge in [-0.3, -0.25) is 9.89 Å². The van der Waals surface area contributed by atoms with Gasteiger partial charge in [0.1, 0.15) is 0 Å². The summed E-state index contributed by atoms with van der Waals surface area (Å²) in [6.07, 6.45) is 8.77. The van der Waals surface area contributed by atoms with Gasteiger partial charge in [-0.2, -0.15) is 5.10 Å². The average molecular weight is 274 g/mol. The Morgan fingerprint density at radius 3 is 2.70 bits per heavy atom. The summed E-state index contributed by atoms with van der Waals surface area (Å²) in [7, 11) is 0. The normalized spacial score (nSPS) is 34.7. The maximum atomic E-state index is 12.5. The molecule has 1 aromatic rings. The van der Waals surface area contributed by atoms with Gasteiger partial charge in [0.15, 0.2) is 0 Å². The van der Waals surface area contributed by atoms with Crippen molar-refractivity contribution < 1.29 is 4.79 Å². The Balaban J connectivity index is 1.35. The van der Waals surface area contributed by atoms with Gasteiger partial charge in [-0.15, -0.1) is 0 Å². The van der Waals surface area contributed by atoms with E-state index in [1.165, 1.54) is 18.4 Å². The van der Waals surface area contributed by atoms with Crippen LogP contribution in [0.25, 0.3) is 0 Å². The molecule has 4 heterocycles. The van der Waals surface area contributed by atoms with Crippen LogP contribution in [-0.4, -0.2) is 46.2 Å². The molecule has 2 bridgehead atoms. The minimum Gasteiger partial charge on any atom is -0.336 e. The SMILES string of the molecule is O=C(CCCc1cn[nH]c1)N1[C@@H]2CC[C@H]1[C@H]1CNC[C@H]12. The number of aryl methyl sites for hydroxylation is 1. The van der Waals surface area contributed by atoms with Crippen LogP contribution >= 0.6 is 0 Å². The van der Waals surface area contributed by atoms with Crippen LogP contribution in [0.4, 0.5) is 0 Å². The van der Waals surface area contributed by atoms with Gasteiger partial charge in [-0.1, -0.05) is 0 Å². The van der Waals surface area contributed by atoms with Gasteiger partial charge in [0.05, 0.1) is 6.20 Å². The van der Waals surface area contributed by atoms with Gasteiger partial charge in [0, 0.05) is 37.8 Å². The van der Waals surface area contributed by atoms with Crippen molar-refractivity contribution in [2.45, 2.75) is 44.2 Å². The van der Waals surface area contributed by atoms with E-state index in [0.717, 1.165) is 37.8 Å². The van der Waals surface area contributed by atoms with Crippen molar-refractivity contribution in [2.75, 3.05) is 13.1 Å². The molecule has 3 aliphatic rings. The molecule has 1 aromatic heterocycles. The summed E-state index contributed by atoms with van der Waals surface area (Å²) < 4.78 is 0. The highest BCUT2D eigenvalue weighted by molar-refractivity contribution is 5.78. The van der Waals surface area contributed by atoms with E-state index in [4.69, 9.17) is 0 Å². The lowest BCUT2D eigenvalue weighted by Gasteiger charge is -2.24. The lowest BCUT2D eigenvalue weighted by molar-refractivity contribution is -0.133. The molecular weight excluding hydrogens is 252 g/mol. The van der Waals surface area contributed by atoms with Gasteiger partial charge in [-0.25, -0.2) is 0 Å². The number of nitrogens with one attached hydrogen (secondary N) is 2. The first kappa shape index (κ1) is 12.4. The number of H-pyrrole nitrogens is 1. The molecular formula is C15H22N4O. The molecule has 4 rings (SSSR count).